The van der Waals surface area contributed by atoms with E-state index in [4.69, 9.17) is 4.74 Å². The summed E-state index contributed by atoms with van der Waals surface area (Å²) in [5.74, 6) is -0.237. The number of amides is 1. The lowest BCUT2D eigenvalue weighted by Gasteiger charge is -2.16. The number of nitrogens with one attached hydrogen (secondary N) is 1. The van der Waals surface area contributed by atoms with Gasteiger partial charge in [0.15, 0.2) is 5.69 Å². The minimum Gasteiger partial charge on any atom is -0.461 e. The van der Waals surface area contributed by atoms with Crippen molar-refractivity contribution in [3.05, 3.63) is 82.7 Å². The molecule has 1 N–H and O–H groups in total. The van der Waals surface area contributed by atoms with Crippen LogP contribution in [-0.2, 0) is 11.2 Å². The van der Waals surface area contributed by atoms with Gasteiger partial charge in [-0.2, -0.15) is 5.10 Å². The molecule has 0 aliphatic heterocycles. The molecule has 1 atom stereocenters. The minimum atomic E-state index is -0.420. The second-order valence-corrected chi connectivity index (χ2v) is 8.41. The molecule has 4 rings (SSSR count). The second-order valence-electron chi connectivity index (χ2n) is 8.41. The van der Waals surface area contributed by atoms with Crippen LogP contribution in [0.2, 0.25) is 0 Å². The molecule has 0 spiro atoms. The summed E-state index contributed by atoms with van der Waals surface area (Å²) < 4.78 is 6.95. The summed E-state index contributed by atoms with van der Waals surface area (Å²) in [6.45, 7) is 6.35. The van der Waals surface area contributed by atoms with Crippen LogP contribution < -0.4 is 5.32 Å². The maximum absolute atomic E-state index is 12.9. The summed E-state index contributed by atoms with van der Waals surface area (Å²) in [7, 11) is 0. The number of hydrogen-bond donors (Lipinski definition) is 1. The van der Waals surface area contributed by atoms with Gasteiger partial charge in [0.2, 0.25) is 0 Å². The number of esters is 1. The number of carbonyl (C=O) groups is 2. The van der Waals surface area contributed by atoms with Crippen LogP contribution in [0.25, 0.3) is 5.69 Å². The minimum absolute atomic E-state index is 0.0492. The molecule has 6 nitrogen and oxygen atoms in total. The van der Waals surface area contributed by atoms with Crippen molar-refractivity contribution < 1.29 is 14.3 Å². The van der Waals surface area contributed by atoms with Crippen LogP contribution in [0.5, 0.6) is 0 Å². The Labute approximate surface area is 195 Å². The van der Waals surface area contributed by atoms with Gasteiger partial charge in [0.25, 0.3) is 5.91 Å². The quantitative estimate of drug-likeness (QED) is 0.473. The predicted molar refractivity (Wildman–Crippen MR) is 128 cm³/mol. The van der Waals surface area contributed by atoms with E-state index in [1.807, 2.05) is 42.5 Å². The van der Waals surface area contributed by atoms with E-state index >= 15 is 0 Å². The number of aryl methyl sites for hydroxylation is 1. The van der Waals surface area contributed by atoms with Crippen LogP contribution in [0.3, 0.4) is 0 Å². The van der Waals surface area contributed by atoms with Crippen molar-refractivity contribution >= 4 is 11.9 Å². The number of rotatable bonds is 8. The van der Waals surface area contributed by atoms with E-state index in [1.54, 1.807) is 11.6 Å². The van der Waals surface area contributed by atoms with Crippen molar-refractivity contribution in [1.82, 2.24) is 15.1 Å². The smallest absolute Gasteiger partial charge is 0.358 e. The lowest BCUT2D eigenvalue weighted by molar-refractivity contribution is 0.0518. The third kappa shape index (κ3) is 4.70. The van der Waals surface area contributed by atoms with Gasteiger partial charge in [0, 0.05) is 17.2 Å². The first-order valence-electron chi connectivity index (χ1n) is 11.8. The van der Waals surface area contributed by atoms with Crippen LogP contribution in [0.15, 0.2) is 54.6 Å². The highest BCUT2D eigenvalue weighted by molar-refractivity contribution is 5.94. The summed E-state index contributed by atoms with van der Waals surface area (Å²) >= 11 is 0. The molecule has 1 aromatic heterocycles. The van der Waals surface area contributed by atoms with E-state index < -0.39 is 5.97 Å². The molecule has 0 bridgehead atoms. The fourth-order valence-corrected chi connectivity index (χ4v) is 4.61. The normalized spacial score (nSPS) is 14.8. The molecule has 2 aromatic carbocycles. The molecule has 172 valence electrons. The van der Waals surface area contributed by atoms with Crippen LogP contribution >= 0.6 is 0 Å². The fourth-order valence-electron chi connectivity index (χ4n) is 4.61. The first-order chi connectivity index (χ1) is 16.0. The largest absolute Gasteiger partial charge is 0.461 e. The number of benzene rings is 2. The lowest BCUT2D eigenvalue weighted by Crippen LogP contribution is -2.27. The molecule has 0 saturated carbocycles. The predicted octanol–water partition coefficient (Wildman–Crippen LogP) is 5.37. The highest BCUT2D eigenvalue weighted by atomic mass is 16.5. The van der Waals surface area contributed by atoms with Crippen LogP contribution in [0, 0.1) is 0 Å². The van der Waals surface area contributed by atoms with E-state index in [0.717, 1.165) is 37.1 Å². The Morgan fingerprint density at radius 2 is 1.82 bits per heavy atom. The molecule has 1 heterocycles. The van der Waals surface area contributed by atoms with E-state index in [0.29, 0.717) is 17.9 Å². The number of ether oxygens (including phenoxy) is 1. The number of carbonyl (C=O) groups excluding carboxylic acids is 2. The van der Waals surface area contributed by atoms with Crippen molar-refractivity contribution in [2.45, 2.75) is 58.4 Å². The van der Waals surface area contributed by atoms with E-state index in [1.165, 1.54) is 11.1 Å². The molecule has 1 aliphatic carbocycles. The van der Waals surface area contributed by atoms with Gasteiger partial charge in [-0.3, -0.25) is 4.79 Å². The highest BCUT2D eigenvalue weighted by Gasteiger charge is 2.24. The Morgan fingerprint density at radius 3 is 2.52 bits per heavy atom. The Hall–Kier alpha value is -3.41. The molecule has 3 aromatic rings. The van der Waals surface area contributed by atoms with E-state index in [-0.39, 0.29) is 17.9 Å². The molecule has 33 heavy (non-hydrogen) atoms. The maximum atomic E-state index is 12.9. The number of aromatic nitrogens is 2. The Balaban J connectivity index is 1.56. The number of nitrogens with zero attached hydrogens (tertiary/aromatic N) is 2. The first kappa shape index (κ1) is 22.8. The molecular weight excluding hydrogens is 414 g/mol. The van der Waals surface area contributed by atoms with Crippen LogP contribution in [0.1, 0.15) is 89.7 Å². The van der Waals surface area contributed by atoms with Gasteiger partial charge < -0.3 is 10.1 Å². The standard InChI is InChI=1S/C27H31N3O3/c1-4-18(5-2)25-17-24(27(32)33-6-3)29-30(25)21-14-11-20(12-15-21)26(31)28-23-16-13-19-9-7-8-10-22(19)23/h7-12,14-15,17-18,23H,4-6,13,16H2,1-3H3,(H,28,31). The molecule has 6 heteroatoms. The fraction of sp³-hybridized carbons (Fsp3) is 0.370. The highest BCUT2D eigenvalue weighted by Crippen LogP contribution is 2.31. The summed E-state index contributed by atoms with van der Waals surface area (Å²) in [5.41, 5.74) is 5.21. The van der Waals surface area contributed by atoms with Crippen molar-refractivity contribution in [3.8, 4) is 5.69 Å². The van der Waals surface area contributed by atoms with Gasteiger partial charge in [0.1, 0.15) is 0 Å². The van der Waals surface area contributed by atoms with Gasteiger partial charge in [-0.05, 0) is 74.1 Å². The van der Waals surface area contributed by atoms with Gasteiger partial charge in [-0.25, -0.2) is 9.48 Å². The van der Waals surface area contributed by atoms with Crippen molar-refractivity contribution in [2.75, 3.05) is 6.61 Å². The third-order valence-electron chi connectivity index (χ3n) is 6.44. The van der Waals surface area contributed by atoms with Crippen molar-refractivity contribution in [3.63, 3.8) is 0 Å². The third-order valence-corrected chi connectivity index (χ3v) is 6.44. The topological polar surface area (TPSA) is 73.2 Å². The van der Waals surface area contributed by atoms with E-state index in [2.05, 4.69) is 36.4 Å². The molecular formula is C27H31N3O3. The monoisotopic (exact) mass is 445 g/mol. The summed E-state index contributed by atoms with van der Waals surface area (Å²) in [6, 6.07) is 17.5. The molecule has 1 unspecified atom stereocenters. The lowest BCUT2D eigenvalue weighted by atomic mass is 9.99. The summed E-state index contributed by atoms with van der Waals surface area (Å²) in [4.78, 5) is 25.2. The summed E-state index contributed by atoms with van der Waals surface area (Å²) in [5, 5.41) is 7.71. The second kappa shape index (κ2) is 10.0. The van der Waals surface area contributed by atoms with E-state index in [9.17, 15) is 9.59 Å². The maximum Gasteiger partial charge on any atom is 0.358 e. The van der Waals surface area contributed by atoms with Crippen molar-refractivity contribution in [2.24, 2.45) is 0 Å². The molecule has 0 radical (unpaired) electrons. The van der Waals surface area contributed by atoms with Gasteiger partial charge in [0.05, 0.1) is 18.3 Å². The Kier molecular flexibility index (Phi) is 6.92. The van der Waals surface area contributed by atoms with Crippen LogP contribution in [0.4, 0.5) is 0 Å². The average molecular weight is 446 g/mol. The Morgan fingerprint density at radius 1 is 1.09 bits per heavy atom. The SMILES string of the molecule is CCOC(=O)c1cc(C(CC)CC)n(-c2ccc(C(=O)NC3CCc4ccccc43)cc2)n1. The molecule has 1 amide bonds. The Bertz CT molecular complexity index is 1130. The number of hydrogen-bond acceptors (Lipinski definition) is 4. The number of fused-ring (bicyclic) bond motifs is 1. The zero-order valence-corrected chi connectivity index (χ0v) is 19.5. The van der Waals surface area contributed by atoms with Gasteiger partial charge in [-0.15, -0.1) is 0 Å². The first-order valence-corrected chi connectivity index (χ1v) is 11.8. The van der Waals surface area contributed by atoms with Gasteiger partial charge in [-0.1, -0.05) is 38.1 Å². The molecule has 0 fully saturated rings. The summed E-state index contributed by atoms with van der Waals surface area (Å²) in [6.07, 6.45) is 3.79. The van der Waals surface area contributed by atoms with Crippen LogP contribution in [-0.4, -0.2) is 28.3 Å². The average Bonchev–Trinajstić information content (AvgIpc) is 3.45. The molecule has 1 aliphatic rings. The molecule has 0 saturated heterocycles. The zero-order valence-electron chi connectivity index (χ0n) is 19.5. The zero-order chi connectivity index (χ0) is 23.4. The van der Waals surface area contributed by atoms with Gasteiger partial charge >= 0.3 is 5.97 Å². The van der Waals surface area contributed by atoms with Crippen molar-refractivity contribution in [1.29, 1.82) is 0 Å².